The van der Waals surface area contributed by atoms with Crippen LogP contribution in [0.1, 0.15) is 63.1 Å². The SMILES string of the molecule is CC[C@@H](C)NC(=O)[C@@H](CC)N(Cc1ccc(Cl)cc1Cl)C(=O)CCCN(c1cc(C)cc(C)c1)S(C)(=O)=O. The predicted octanol–water partition coefficient (Wildman–Crippen LogP) is 5.88. The second-order valence-electron chi connectivity index (χ2n) is 9.78. The minimum atomic E-state index is -3.56. The molecule has 0 aliphatic rings. The molecule has 2 rings (SSSR count). The summed E-state index contributed by atoms with van der Waals surface area (Å²) in [5.74, 6) is -0.482. The van der Waals surface area contributed by atoms with E-state index in [2.05, 4.69) is 5.32 Å². The smallest absolute Gasteiger partial charge is 0.243 e. The summed E-state index contributed by atoms with van der Waals surface area (Å²) in [7, 11) is -3.56. The highest BCUT2D eigenvalue weighted by molar-refractivity contribution is 7.92. The number of benzene rings is 2. The fraction of sp³-hybridized carbons (Fsp3) is 0.500. The number of rotatable bonds is 13. The maximum absolute atomic E-state index is 13.6. The Balaban J connectivity index is 2.29. The number of carbonyl (C=O) groups is 2. The van der Waals surface area contributed by atoms with Crippen LogP contribution in [-0.2, 0) is 26.2 Å². The Hall–Kier alpha value is -2.29. The number of sulfonamides is 1. The van der Waals surface area contributed by atoms with Crippen LogP contribution in [0, 0.1) is 13.8 Å². The van der Waals surface area contributed by atoms with Crippen LogP contribution < -0.4 is 9.62 Å². The number of carbonyl (C=O) groups excluding carboxylic acids is 2. The normalized spacial score (nSPS) is 13.1. The third kappa shape index (κ3) is 9.17. The first kappa shape index (κ1) is 31.9. The number of nitrogens with one attached hydrogen (secondary N) is 1. The maximum atomic E-state index is 13.6. The molecule has 0 aliphatic heterocycles. The van der Waals surface area contributed by atoms with Gasteiger partial charge in [-0.1, -0.05) is 49.2 Å². The van der Waals surface area contributed by atoms with Crippen LogP contribution in [0.15, 0.2) is 36.4 Å². The first-order chi connectivity index (χ1) is 17.8. The maximum Gasteiger partial charge on any atom is 0.243 e. The summed E-state index contributed by atoms with van der Waals surface area (Å²) in [6.07, 6.45) is 2.69. The molecule has 2 atom stereocenters. The van der Waals surface area contributed by atoms with Crippen molar-refractivity contribution >= 4 is 50.7 Å². The zero-order valence-corrected chi connectivity index (χ0v) is 25.4. The van der Waals surface area contributed by atoms with Crippen molar-refractivity contribution in [3.63, 3.8) is 0 Å². The Morgan fingerprint density at radius 1 is 1.00 bits per heavy atom. The van der Waals surface area contributed by atoms with Gasteiger partial charge in [0.15, 0.2) is 0 Å². The standard InChI is InChI=1S/C28H39Cl2N3O4S/c1-7-21(5)31-28(35)26(8-2)32(18-22-11-12-23(29)17-25(22)30)27(34)10-9-13-33(38(6,36)37)24-15-19(3)14-20(4)16-24/h11-12,14-17,21,26H,7-10,13,18H2,1-6H3,(H,31,35)/t21-,26-/m1/s1. The van der Waals surface area contributed by atoms with E-state index < -0.39 is 16.1 Å². The summed E-state index contributed by atoms with van der Waals surface area (Å²) in [6.45, 7) is 9.85. The molecule has 1 N–H and O–H groups in total. The molecule has 210 valence electrons. The molecule has 2 aromatic rings. The number of hydrogen-bond donors (Lipinski definition) is 1. The van der Waals surface area contributed by atoms with Crippen LogP contribution in [-0.4, -0.2) is 50.0 Å². The fourth-order valence-electron chi connectivity index (χ4n) is 4.29. The number of nitrogens with zero attached hydrogens (tertiary/aromatic N) is 2. The Bertz CT molecular complexity index is 1220. The van der Waals surface area contributed by atoms with Gasteiger partial charge in [0.05, 0.1) is 11.9 Å². The molecule has 0 aromatic heterocycles. The zero-order valence-electron chi connectivity index (χ0n) is 23.1. The zero-order chi connectivity index (χ0) is 28.6. The van der Waals surface area contributed by atoms with Crippen molar-refractivity contribution in [1.82, 2.24) is 10.2 Å². The second kappa shape index (κ2) is 14.2. The van der Waals surface area contributed by atoms with Gasteiger partial charge in [0.2, 0.25) is 21.8 Å². The van der Waals surface area contributed by atoms with E-state index in [1.54, 1.807) is 18.2 Å². The van der Waals surface area contributed by atoms with E-state index in [4.69, 9.17) is 23.2 Å². The summed E-state index contributed by atoms with van der Waals surface area (Å²) in [4.78, 5) is 28.2. The van der Waals surface area contributed by atoms with E-state index in [9.17, 15) is 18.0 Å². The van der Waals surface area contributed by atoms with Crippen molar-refractivity contribution in [1.29, 1.82) is 0 Å². The molecule has 0 unspecified atom stereocenters. The van der Waals surface area contributed by atoms with Crippen LogP contribution in [0.3, 0.4) is 0 Å². The van der Waals surface area contributed by atoms with Crippen LogP contribution >= 0.6 is 23.2 Å². The molecule has 0 heterocycles. The number of amides is 2. The molecular weight excluding hydrogens is 545 g/mol. The van der Waals surface area contributed by atoms with E-state index in [1.807, 2.05) is 52.8 Å². The molecular formula is C28H39Cl2N3O4S. The van der Waals surface area contributed by atoms with Gasteiger partial charge in [-0.05, 0) is 81.0 Å². The van der Waals surface area contributed by atoms with Gasteiger partial charge < -0.3 is 10.2 Å². The van der Waals surface area contributed by atoms with Crippen LogP contribution in [0.5, 0.6) is 0 Å². The van der Waals surface area contributed by atoms with E-state index in [0.717, 1.165) is 23.8 Å². The average Bonchev–Trinajstić information content (AvgIpc) is 2.81. The minimum absolute atomic E-state index is 0.0336. The molecule has 0 saturated carbocycles. The molecule has 0 bridgehead atoms. The third-order valence-corrected chi connectivity index (χ3v) is 8.17. The van der Waals surface area contributed by atoms with E-state index >= 15 is 0 Å². The topological polar surface area (TPSA) is 86.8 Å². The van der Waals surface area contributed by atoms with Crippen molar-refractivity contribution in [2.24, 2.45) is 0 Å². The van der Waals surface area contributed by atoms with E-state index in [0.29, 0.717) is 27.7 Å². The van der Waals surface area contributed by atoms with Gasteiger partial charge >= 0.3 is 0 Å². The highest BCUT2D eigenvalue weighted by Gasteiger charge is 2.30. The lowest BCUT2D eigenvalue weighted by Crippen LogP contribution is -2.50. The molecule has 0 spiro atoms. The van der Waals surface area contributed by atoms with Gasteiger partial charge in [-0.2, -0.15) is 0 Å². The molecule has 2 amide bonds. The first-order valence-corrected chi connectivity index (χ1v) is 15.5. The number of aryl methyl sites for hydroxylation is 2. The van der Waals surface area contributed by atoms with Crippen molar-refractivity contribution in [3.8, 4) is 0 Å². The van der Waals surface area contributed by atoms with Crippen molar-refractivity contribution < 1.29 is 18.0 Å². The number of anilines is 1. The van der Waals surface area contributed by atoms with Gasteiger partial charge in [0.1, 0.15) is 6.04 Å². The largest absolute Gasteiger partial charge is 0.352 e. The van der Waals surface area contributed by atoms with Gasteiger partial charge in [-0.15, -0.1) is 0 Å². The van der Waals surface area contributed by atoms with Gasteiger partial charge in [0.25, 0.3) is 0 Å². The lowest BCUT2D eigenvalue weighted by molar-refractivity contribution is -0.141. The molecule has 38 heavy (non-hydrogen) atoms. The minimum Gasteiger partial charge on any atom is -0.352 e. The number of halogens is 2. The monoisotopic (exact) mass is 583 g/mol. The van der Waals surface area contributed by atoms with E-state index in [1.165, 1.54) is 9.21 Å². The lowest BCUT2D eigenvalue weighted by atomic mass is 10.1. The molecule has 10 heteroatoms. The van der Waals surface area contributed by atoms with E-state index in [-0.39, 0.29) is 43.8 Å². The van der Waals surface area contributed by atoms with Crippen LogP contribution in [0.4, 0.5) is 5.69 Å². The van der Waals surface area contributed by atoms with Crippen molar-refractivity contribution in [2.75, 3.05) is 17.1 Å². The Kier molecular flexibility index (Phi) is 11.9. The van der Waals surface area contributed by atoms with Crippen molar-refractivity contribution in [2.45, 2.75) is 78.9 Å². The summed E-state index contributed by atoms with van der Waals surface area (Å²) in [5.41, 5.74) is 3.15. The highest BCUT2D eigenvalue weighted by atomic mass is 35.5. The average molecular weight is 585 g/mol. The molecule has 0 saturated heterocycles. The lowest BCUT2D eigenvalue weighted by Gasteiger charge is -2.32. The predicted molar refractivity (Wildman–Crippen MR) is 156 cm³/mol. The molecule has 0 radical (unpaired) electrons. The molecule has 0 fully saturated rings. The molecule has 0 aliphatic carbocycles. The van der Waals surface area contributed by atoms with Crippen LogP contribution in [0.25, 0.3) is 0 Å². The summed E-state index contributed by atoms with van der Waals surface area (Å²) < 4.78 is 26.5. The Morgan fingerprint density at radius 3 is 2.16 bits per heavy atom. The first-order valence-electron chi connectivity index (χ1n) is 12.9. The Morgan fingerprint density at radius 2 is 1.63 bits per heavy atom. The van der Waals surface area contributed by atoms with Crippen LogP contribution in [0.2, 0.25) is 10.0 Å². The van der Waals surface area contributed by atoms with Gasteiger partial charge in [0, 0.05) is 35.6 Å². The summed E-state index contributed by atoms with van der Waals surface area (Å²) >= 11 is 12.5. The second-order valence-corrected chi connectivity index (χ2v) is 12.5. The fourth-order valence-corrected chi connectivity index (χ4v) is 5.71. The number of hydrogen-bond acceptors (Lipinski definition) is 4. The Labute approximate surface area is 237 Å². The highest BCUT2D eigenvalue weighted by Crippen LogP contribution is 2.25. The van der Waals surface area contributed by atoms with Gasteiger partial charge in [-0.25, -0.2) is 8.42 Å². The third-order valence-electron chi connectivity index (χ3n) is 6.39. The summed E-state index contributed by atoms with van der Waals surface area (Å²) in [5, 5.41) is 3.86. The van der Waals surface area contributed by atoms with Crippen molar-refractivity contribution in [3.05, 3.63) is 63.1 Å². The molecule has 2 aromatic carbocycles. The molecule has 7 nitrogen and oxygen atoms in total. The quantitative estimate of drug-likeness (QED) is 0.319. The summed E-state index contributed by atoms with van der Waals surface area (Å²) in [6, 6.07) is 9.92. The van der Waals surface area contributed by atoms with Gasteiger partial charge in [-0.3, -0.25) is 13.9 Å².